The first kappa shape index (κ1) is 14.8. The van der Waals surface area contributed by atoms with E-state index in [0.29, 0.717) is 5.41 Å². The summed E-state index contributed by atoms with van der Waals surface area (Å²) in [4.78, 5) is 2.66. The van der Waals surface area contributed by atoms with E-state index < -0.39 is 0 Å². The minimum absolute atomic E-state index is 0. The summed E-state index contributed by atoms with van der Waals surface area (Å²) in [5.41, 5.74) is 3.57. The number of halogens is 1. The lowest BCUT2D eigenvalue weighted by Gasteiger charge is -2.34. The summed E-state index contributed by atoms with van der Waals surface area (Å²) < 4.78 is 0. The third kappa shape index (κ3) is 3.31. The van der Waals surface area contributed by atoms with Crippen LogP contribution in [0.3, 0.4) is 0 Å². The first-order chi connectivity index (χ1) is 8.77. The molecule has 2 heterocycles. The number of nitrogens with zero attached hydrogens (tertiary/aromatic N) is 1. The molecule has 0 bridgehead atoms. The second-order valence-electron chi connectivity index (χ2n) is 6.14. The van der Waals surface area contributed by atoms with Crippen molar-refractivity contribution in [3.63, 3.8) is 0 Å². The van der Waals surface area contributed by atoms with Crippen LogP contribution in [0.2, 0.25) is 0 Å². The van der Waals surface area contributed by atoms with E-state index in [1.807, 2.05) is 0 Å². The maximum Gasteiger partial charge on any atom is 0.0236 e. The molecule has 19 heavy (non-hydrogen) atoms. The molecule has 3 heteroatoms. The number of benzene rings is 1. The van der Waals surface area contributed by atoms with Crippen molar-refractivity contribution >= 4 is 12.4 Å². The van der Waals surface area contributed by atoms with Gasteiger partial charge in [-0.05, 0) is 62.4 Å². The fourth-order valence-electron chi connectivity index (χ4n) is 3.56. The van der Waals surface area contributed by atoms with Crippen molar-refractivity contribution in [2.75, 3.05) is 26.2 Å². The number of aryl methyl sites for hydroxylation is 1. The second-order valence-corrected chi connectivity index (χ2v) is 6.14. The van der Waals surface area contributed by atoms with Gasteiger partial charge in [-0.25, -0.2) is 0 Å². The third-order valence-corrected chi connectivity index (χ3v) is 4.84. The van der Waals surface area contributed by atoms with E-state index in [-0.39, 0.29) is 12.4 Å². The lowest BCUT2D eigenvalue weighted by molar-refractivity contribution is 0.194. The normalized spacial score (nSPS) is 22.4. The highest BCUT2D eigenvalue weighted by Crippen LogP contribution is 2.39. The van der Waals surface area contributed by atoms with Gasteiger partial charge in [0.05, 0.1) is 0 Å². The molecule has 0 saturated carbocycles. The third-order valence-electron chi connectivity index (χ3n) is 4.84. The Morgan fingerprint density at radius 1 is 1.16 bits per heavy atom. The number of hydrogen-bond acceptors (Lipinski definition) is 2. The highest BCUT2D eigenvalue weighted by atomic mass is 35.5. The second kappa shape index (κ2) is 6.25. The van der Waals surface area contributed by atoms with Gasteiger partial charge >= 0.3 is 0 Å². The zero-order valence-corrected chi connectivity index (χ0v) is 12.6. The van der Waals surface area contributed by atoms with Crippen LogP contribution in [-0.2, 0) is 6.54 Å². The summed E-state index contributed by atoms with van der Waals surface area (Å²) in [5.74, 6) is 0. The maximum atomic E-state index is 3.49. The SMILES string of the molecule is Cc1ccccc1CN1CCC2(CCNCC2)C1.Cl. The maximum absolute atomic E-state index is 3.49. The molecular weight excluding hydrogens is 256 g/mol. The molecule has 0 amide bonds. The molecular formula is C16H25ClN2. The molecule has 0 aromatic heterocycles. The van der Waals surface area contributed by atoms with E-state index in [2.05, 4.69) is 41.4 Å². The number of rotatable bonds is 2. The topological polar surface area (TPSA) is 15.3 Å². The number of nitrogens with one attached hydrogen (secondary N) is 1. The van der Waals surface area contributed by atoms with Crippen molar-refractivity contribution in [3.8, 4) is 0 Å². The van der Waals surface area contributed by atoms with Crippen molar-refractivity contribution < 1.29 is 0 Å². The minimum Gasteiger partial charge on any atom is -0.317 e. The van der Waals surface area contributed by atoms with Gasteiger partial charge in [0.1, 0.15) is 0 Å². The Bertz CT molecular complexity index is 413. The van der Waals surface area contributed by atoms with E-state index in [1.54, 1.807) is 0 Å². The molecule has 1 spiro atoms. The standard InChI is InChI=1S/C16H24N2.ClH/c1-14-4-2-3-5-15(14)12-18-11-8-16(13-18)6-9-17-10-7-16;/h2-5,17H,6-13H2,1H3;1H. The molecule has 2 aliphatic heterocycles. The minimum atomic E-state index is 0. The molecule has 106 valence electrons. The molecule has 2 nitrogen and oxygen atoms in total. The zero-order chi connectivity index (χ0) is 12.4. The summed E-state index contributed by atoms with van der Waals surface area (Å²) in [6.07, 6.45) is 4.15. The molecule has 1 N–H and O–H groups in total. The van der Waals surface area contributed by atoms with E-state index in [4.69, 9.17) is 0 Å². The Hall–Kier alpha value is -0.570. The molecule has 3 rings (SSSR count). The van der Waals surface area contributed by atoms with Crippen LogP contribution < -0.4 is 5.32 Å². The number of piperidine rings is 1. The van der Waals surface area contributed by atoms with Crippen LogP contribution in [0.25, 0.3) is 0 Å². The van der Waals surface area contributed by atoms with Gasteiger partial charge in [0.25, 0.3) is 0 Å². The largest absolute Gasteiger partial charge is 0.317 e. The Balaban J connectivity index is 0.00000133. The van der Waals surface area contributed by atoms with Gasteiger partial charge in [-0.2, -0.15) is 0 Å². The van der Waals surface area contributed by atoms with Crippen LogP contribution in [-0.4, -0.2) is 31.1 Å². The Kier molecular flexibility index (Phi) is 4.88. The molecule has 0 aliphatic carbocycles. The van der Waals surface area contributed by atoms with Crippen LogP contribution in [0.5, 0.6) is 0 Å². The van der Waals surface area contributed by atoms with Gasteiger partial charge in [-0.15, -0.1) is 12.4 Å². The highest BCUT2D eigenvalue weighted by Gasteiger charge is 2.38. The molecule has 0 unspecified atom stereocenters. The summed E-state index contributed by atoms with van der Waals surface area (Å²) in [6, 6.07) is 8.81. The first-order valence-corrected chi connectivity index (χ1v) is 7.25. The predicted octanol–water partition coefficient (Wildman–Crippen LogP) is 2.99. The molecule has 1 aromatic carbocycles. The van der Waals surface area contributed by atoms with Crippen molar-refractivity contribution in [3.05, 3.63) is 35.4 Å². The molecule has 0 radical (unpaired) electrons. The van der Waals surface area contributed by atoms with Crippen molar-refractivity contribution in [2.45, 2.75) is 32.7 Å². The van der Waals surface area contributed by atoms with Gasteiger partial charge in [0.15, 0.2) is 0 Å². The molecule has 2 fully saturated rings. The fourth-order valence-corrected chi connectivity index (χ4v) is 3.56. The van der Waals surface area contributed by atoms with Gasteiger partial charge in [0.2, 0.25) is 0 Å². The molecule has 2 saturated heterocycles. The van der Waals surface area contributed by atoms with Crippen LogP contribution in [0.15, 0.2) is 24.3 Å². The lowest BCUT2D eigenvalue weighted by atomic mass is 9.78. The van der Waals surface area contributed by atoms with Crippen LogP contribution in [0, 0.1) is 12.3 Å². The van der Waals surface area contributed by atoms with E-state index in [1.165, 1.54) is 56.6 Å². The Labute approximate surface area is 123 Å². The quantitative estimate of drug-likeness (QED) is 0.896. The van der Waals surface area contributed by atoms with Crippen LogP contribution in [0.1, 0.15) is 30.4 Å². The lowest BCUT2D eigenvalue weighted by Crippen LogP contribution is -2.38. The average Bonchev–Trinajstić information content (AvgIpc) is 2.76. The van der Waals surface area contributed by atoms with Crippen LogP contribution in [0.4, 0.5) is 0 Å². The Morgan fingerprint density at radius 3 is 2.63 bits per heavy atom. The van der Waals surface area contributed by atoms with Crippen molar-refractivity contribution in [1.29, 1.82) is 0 Å². The summed E-state index contributed by atoms with van der Waals surface area (Å²) in [5, 5.41) is 3.49. The van der Waals surface area contributed by atoms with E-state index in [9.17, 15) is 0 Å². The molecule has 2 aliphatic rings. The Morgan fingerprint density at radius 2 is 1.89 bits per heavy atom. The van der Waals surface area contributed by atoms with Crippen molar-refractivity contribution in [2.24, 2.45) is 5.41 Å². The number of likely N-dealkylation sites (tertiary alicyclic amines) is 1. The van der Waals surface area contributed by atoms with Crippen LogP contribution >= 0.6 is 12.4 Å². The fraction of sp³-hybridized carbons (Fsp3) is 0.625. The highest BCUT2D eigenvalue weighted by molar-refractivity contribution is 5.85. The van der Waals surface area contributed by atoms with E-state index in [0.717, 1.165) is 6.54 Å². The van der Waals surface area contributed by atoms with Crippen molar-refractivity contribution in [1.82, 2.24) is 10.2 Å². The number of hydrogen-bond donors (Lipinski definition) is 1. The monoisotopic (exact) mass is 280 g/mol. The molecule has 1 aromatic rings. The van der Waals surface area contributed by atoms with Gasteiger partial charge in [-0.1, -0.05) is 24.3 Å². The first-order valence-electron chi connectivity index (χ1n) is 7.25. The smallest absolute Gasteiger partial charge is 0.0236 e. The average molecular weight is 281 g/mol. The van der Waals surface area contributed by atoms with Gasteiger partial charge in [0, 0.05) is 13.1 Å². The summed E-state index contributed by atoms with van der Waals surface area (Å²) in [7, 11) is 0. The predicted molar refractivity (Wildman–Crippen MR) is 82.9 cm³/mol. The zero-order valence-electron chi connectivity index (χ0n) is 11.8. The summed E-state index contributed by atoms with van der Waals surface area (Å²) >= 11 is 0. The van der Waals surface area contributed by atoms with Gasteiger partial charge in [-0.3, -0.25) is 4.90 Å². The van der Waals surface area contributed by atoms with Gasteiger partial charge < -0.3 is 5.32 Å². The molecule has 0 atom stereocenters. The summed E-state index contributed by atoms with van der Waals surface area (Å²) in [6.45, 7) is 8.40. The van der Waals surface area contributed by atoms with E-state index >= 15 is 0 Å².